The average molecular weight is 453 g/mol. The molecule has 0 aliphatic carbocycles. The fraction of sp³-hybridized carbons (Fsp3) is 0.536. The molecule has 2 aliphatic heterocycles. The summed E-state index contributed by atoms with van der Waals surface area (Å²) in [4.78, 5) is 18.0. The highest BCUT2D eigenvalue weighted by molar-refractivity contribution is 5.76. The Kier molecular flexibility index (Phi) is 8.02. The van der Waals surface area contributed by atoms with Gasteiger partial charge in [-0.15, -0.1) is 0 Å². The van der Waals surface area contributed by atoms with E-state index >= 15 is 0 Å². The number of hydrogen-bond donors (Lipinski definition) is 0. The van der Waals surface area contributed by atoms with Crippen LogP contribution in [0.3, 0.4) is 0 Å². The summed E-state index contributed by atoms with van der Waals surface area (Å²) >= 11 is 0. The van der Waals surface area contributed by atoms with Crippen LogP contribution in [0.15, 0.2) is 48.5 Å². The number of amides is 1. The first-order chi connectivity index (χ1) is 16.0. The summed E-state index contributed by atoms with van der Waals surface area (Å²) in [6, 6.07) is 15.2. The number of nitrogens with zero attached hydrogens (tertiary/aromatic N) is 2. The second kappa shape index (κ2) is 11.1. The van der Waals surface area contributed by atoms with Gasteiger partial charge in [0.2, 0.25) is 5.91 Å². The Labute approximate surface area is 197 Å². The van der Waals surface area contributed by atoms with Crippen molar-refractivity contribution in [3.63, 3.8) is 0 Å². The van der Waals surface area contributed by atoms with Gasteiger partial charge in [0.25, 0.3) is 0 Å². The molecule has 178 valence electrons. The number of carbonyl (C=O) groups excluding carboxylic acids is 1. The molecule has 0 radical (unpaired) electrons. The average Bonchev–Trinajstić information content (AvgIpc) is 3.27. The van der Waals surface area contributed by atoms with E-state index in [0.717, 1.165) is 36.3 Å². The molecule has 0 saturated carbocycles. The van der Waals surface area contributed by atoms with E-state index in [1.807, 2.05) is 29.2 Å². The van der Waals surface area contributed by atoms with Crippen LogP contribution in [0, 0.1) is 17.7 Å². The molecule has 2 saturated heterocycles. The molecule has 2 aromatic carbocycles. The second-order valence-electron chi connectivity index (χ2n) is 10.2. The Hall–Kier alpha value is -2.40. The summed E-state index contributed by atoms with van der Waals surface area (Å²) in [6.45, 7) is 8.33. The fourth-order valence-corrected chi connectivity index (χ4v) is 5.09. The first-order valence-corrected chi connectivity index (χ1v) is 12.4. The monoisotopic (exact) mass is 452 g/mol. The smallest absolute Gasteiger partial charge is 0.223 e. The predicted octanol–water partition coefficient (Wildman–Crippen LogP) is 5.65. The van der Waals surface area contributed by atoms with Crippen molar-refractivity contribution in [3.05, 3.63) is 65.5 Å². The third-order valence-electron chi connectivity index (χ3n) is 6.91. The Morgan fingerprint density at radius 1 is 1.03 bits per heavy atom. The summed E-state index contributed by atoms with van der Waals surface area (Å²) in [5.41, 5.74) is 2.03. The number of halogens is 1. The molecule has 0 spiro atoms. The Balaban J connectivity index is 1.42. The molecular formula is C28H37FN2O2. The minimum absolute atomic E-state index is 0.191. The Morgan fingerprint density at radius 2 is 1.70 bits per heavy atom. The Morgan fingerprint density at radius 3 is 2.36 bits per heavy atom. The predicted molar refractivity (Wildman–Crippen MR) is 129 cm³/mol. The minimum Gasteiger partial charge on any atom is -0.493 e. The number of fused-ring (bicyclic) bond motifs is 1. The van der Waals surface area contributed by atoms with Crippen LogP contribution in [0.1, 0.15) is 57.1 Å². The molecule has 2 fully saturated rings. The molecule has 33 heavy (non-hydrogen) atoms. The zero-order chi connectivity index (χ0) is 23.2. The van der Waals surface area contributed by atoms with Crippen molar-refractivity contribution in [2.45, 2.75) is 65.1 Å². The van der Waals surface area contributed by atoms with Crippen LogP contribution < -0.4 is 4.74 Å². The van der Waals surface area contributed by atoms with Gasteiger partial charge in [-0.05, 0) is 86.0 Å². The molecule has 0 unspecified atom stereocenters. The van der Waals surface area contributed by atoms with Crippen molar-refractivity contribution in [2.75, 3.05) is 19.7 Å². The number of hydrogen-bond acceptors (Lipinski definition) is 3. The van der Waals surface area contributed by atoms with Crippen molar-refractivity contribution in [2.24, 2.45) is 11.8 Å². The van der Waals surface area contributed by atoms with Crippen LogP contribution in [0.25, 0.3) is 0 Å². The van der Waals surface area contributed by atoms with E-state index < -0.39 is 0 Å². The molecule has 2 aliphatic rings. The van der Waals surface area contributed by atoms with E-state index in [1.165, 1.54) is 31.5 Å². The van der Waals surface area contributed by atoms with Crippen molar-refractivity contribution in [1.82, 2.24) is 9.80 Å². The lowest BCUT2D eigenvalue weighted by Gasteiger charge is -2.35. The van der Waals surface area contributed by atoms with Gasteiger partial charge in [-0.25, -0.2) is 4.39 Å². The van der Waals surface area contributed by atoms with Crippen LogP contribution in [-0.2, 0) is 17.9 Å². The van der Waals surface area contributed by atoms with Crippen molar-refractivity contribution in [1.29, 1.82) is 0 Å². The number of carbonyl (C=O) groups is 1. The quantitative estimate of drug-likeness (QED) is 0.493. The van der Waals surface area contributed by atoms with Gasteiger partial charge in [0.15, 0.2) is 0 Å². The highest BCUT2D eigenvalue weighted by Gasteiger charge is 2.33. The van der Waals surface area contributed by atoms with Crippen LogP contribution in [0.2, 0.25) is 0 Å². The maximum Gasteiger partial charge on any atom is 0.223 e. The van der Waals surface area contributed by atoms with Crippen LogP contribution in [-0.4, -0.2) is 41.4 Å². The summed E-state index contributed by atoms with van der Waals surface area (Å²) < 4.78 is 19.2. The third-order valence-corrected chi connectivity index (χ3v) is 6.91. The van der Waals surface area contributed by atoms with Gasteiger partial charge in [-0.3, -0.25) is 4.79 Å². The molecule has 2 atom stereocenters. The van der Waals surface area contributed by atoms with E-state index in [-0.39, 0.29) is 11.7 Å². The highest BCUT2D eigenvalue weighted by atomic mass is 19.1. The molecule has 5 heteroatoms. The normalized spacial score (nSPS) is 20.6. The summed E-state index contributed by atoms with van der Waals surface area (Å²) in [6.07, 6.45) is 5.40. The van der Waals surface area contributed by atoms with Crippen molar-refractivity contribution < 1.29 is 13.9 Å². The number of benzene rings is 2. The van der Waals surface area contributed by atoms with Gasteiger partial charge in [-0.1, -0.05) is 38.1 Å². The fourth-order valence-electron chi connectivity index (χ4n) is 5.09. The van der Waals surface area contributed by atoms with Gasteiger partial charge >= 0.3 is 0 Å². The summed E-state index contributed by atoms with van der Waals surface area (Å²) in [5, 5.41) is 0. The van der Waals surface area contributed by atoms with E-state index in [2.05, 4.69) is 18.7 Å². The van der Waals surface area contributed by atoms with Gasteiger partial charge in [0, 0.05) is 25.6 Å². The van der Waals surface area contributed by atoms with E-state index in [4.69, 9.17) is 4.74 Å². The molecule has 0 N–H and O–H groups in total. The van der Waals surface area contributed by atoms with Gasteiger partial charge in [0.05, 0.1) is 6.61 Å². The van der Waals surface area contributed by atoms with E-state index in [0.29, 0.717) is 44.0 Å². The SMILES string of the molecule is CC(C)COc1ccc(CN(Cc2ccc(F)cc2)C(=O)C[C@@H]2CCN3CCC[C@H]3C2)cc1. The second-order valence-corrected chi connectivity index (χ2v) is 10.2. The highest BCUT2D eigenvalue weighted by Crippen LogP contribution is 2.32. The molecule has 2 aromatic rings. The van der Waals surface area contributed by atoms with Crippen molar-refractivity contribution >= 4 is 5.91 Å². The first-order valence-electron chi connectivity index (χ1n) is 12.4. The zero-order valence-corrected chi connectivity index (χ0v) is 20.0. The summed E-state index contributed by atoms with van der Waals surface area (Å²) in [7, 11) is 0. The van der Waals surface area contributed by atoms with Crippen LogP contribution >= 0.6 is 0 Å². The molecule has 4 nitrogen and oxygen atoms in total. The molecule has 0 bridgehead atoms. The first kappa shape index (κ1) is 23.7. The lowest BCUT2D eigenvalue weighted by atomic mass is 9.88. The standard InChI is InChI=1S/C28H37FN2O2/c1-21(2)20-33-27-11-7-23(8-12-27)19-31(18-22-5-9-25(29)10-6-22)28(32)17-24-13-15-30-14-3-4-26(30)16-24/h5-12,21,24,26H,3-4,13-20H2,1-2H3/t24-,26+/m1/s1. The number of ether oxygens (including phenoxy) is 1. The maximum absolute atomic E-state index is 13.4. The summed E-state index contributed by atoms with van der Waals surface area (Å²) in [5.74, 6) is 1.73. The molecule has 0 aromatic heterocycles. The largest absolute Gasteiger partial charge is 0.493 e. The minimum atomic E-state index is -0.253. The Bertz CT molecular complexity index is 897. The lowest BCUT2D eigenvalue weighted by Crippen LogP contribution is -2.40. The van der Waals surface area contributed by atoms with Gasteiger partial charge in [0.1, 0.15) is 11.6 Å². The van der Waals surface area contributed by atoms with E-state index in [9.17, 15) is 9.18 Å². The van der Waals surface area contributed by atoms with Crippen molar-refractivity contribution in [3.8, 4) is 5.75 Å². The number of piperidine rings is 1. The molecule has 1 amide bonds. The maximum atomic E-state index is 13.4. The van der Waals surface area contributed by atoms with Crippen LogP contribution in [0.4, 0.5) is 4.39 Å². The third kappa shape index (κ3) is 6.80. The molecule has 4 rings (SSSR count). The van der Waals surface area contributed by atoms with Gasteiger partial charge < -0.3 is 14.5 Å². The van der Waals surface area contributed by atoms with E-state index in [1.54, 1.807) is 12.1 Å². The molecule has 2 heterocycles. The van der Waals surface area contributed by atoms with Crippen LogP contribution in [0.5, 0.6) is 5.75 Å². The van der Waals surface area contributed by atoms with Gasteiger partial charge in [-0.2, -0.15) is 0 Å². The number of rotatable bonds is 9. The topological polar surface area (TPSA) is 32.8 Å². The zero-order valence-electron chi connectivity index (χ0n) is 20.0. The lowest BCUT2D eigenvalue weighted by molar-refractivity contribution is -0.134. The molecular weight excluding hydrogens is 415 g/mol.